The lowest BCUT2D eigenvalue weighted by Crippen LogP contribution is -2.45. The standard InChI is InChI=1S/C17H26N2O3/c1-5-22-14-9-7-6-8-13(14)10-11-15(20)18-12-16(21)19-17(2,3)4/h6-9H,5,10-12H2,1-4H3,(H,18,20)(H,19,21). The fraction of sp³-hybridized carbons (Fsp3) is 0.529. The van der Waals surface area contributed by atoms with Gasteiger partial charge in [0.25, 0.3) is 0 Å². The molecule has 1 aromatic carbocycles. The molecule has 0 atom stereocenters. The third kappa shape index (κ3) is 7.11. The van der Waals surface area contributed by atoms with Crippen molar-refractivity contribution < 1.29 is 14.3 Å². The molecule has 122 valence electrons. The molecule has 0 aromatic heterocycles. The van der Waals surface area contributed by atoms with E-state index in [1.54, 1.807) is 0 Å². The van der Waals surface area contributed by atoms with Crippen molar-refractivity contribution in [3.05, 3.63) is 29.8 Å². The summed E-state index contributed by atoms with van der Waals surface area (Å²) in [5.74, 6) is 0.481. The number of hydrogen-bond donors (Lipinski definition) is 2. The van der Waals surface area contributed by atoms with Gasteiger partial charge in [-0.1, -0.05) is 18.2 Å². The second-order valence-corrected chi connectivity index (χ2v) is 6.12. The summed E-state index contributed by atoms with van der Waals surface area (Å²) in [5.41, 5.74) is 0.705. The van der Waals surface area contributed by atoms with Gasteiger partial charge in [0.15, 0.2) is 0 Å². The molecule has 0 aliphatic carbocycles. The van der Waals surface area contributed by atoms with Crippen LogP contribution in [-0.4, -0.2) is 30.5 Å². The van der Waals surface area contributed by atoms with E-state index in [9.17, 15) is 9.59 Å². The van der Waals surface area contributed by atoms with E-state index in [4.69, 9.17) is 4.74 Å². The molecule has 0 saturated carbocycles. The van der Waals surface area contributed by atoms with E-state index in [0.29, 0.717) is 19.4 Å². The van der Waals surface area contributed by atoms with E-state index in [1.807, 2.05) is 52.0 Å². The van der Waals surface area contributed by atoms with Crippen LogP contribution in [0.25, 0.3) is 0 Å². The van der Waals surface area contributed by atoms with Gasteiger partial charge in [0.2, 0.25) is 11.8 Å². The molecule has 0 spiro atoms. The maximum Gasteiger partial charge on any atom is 0.239 e. The lowest BCUT2D eigenvalue weighted by Gasteiger charge is -2.20. The second kappa shape index (κ2) is 8.41. The van der Waals surface area contributed by atoms with E-state index >= 15 is 0 Å². The van der Waals surface area contributed by atoms with Crippen molar-refractivity contribution in [1.82, 2.24) is 10.6 Å². The minimum atomic E-state index is -0.293. The molecule has 0 saturated heterocycles. The van der Waals surface area contributed by atoms with Gasteiger partial charge in [-0.3, -0.25) is 9.59 Å². The minimum Gasteiger partial charge on any atom is -0.494 e. The average molecular weight is 306 g/mol. The zero-order valence-corrected chi connectivity index (χ0v) is 13.9. The Morgan fingerprint density at radius 1 is 1.14 bits per heavy atom. The lowest BCUT2D eigenvalue weighted by molar-refractivity contribution is -0.126. The molecular formula is C17H26N2O3. The van der Waals surface area contributed by atoms with Crippen molar-refractivity contribution in [2.45, 2.75) is 46.1 Å². The Morgan fingerprint density at radius 2 is 1.82 bits per heavy atom. The molecule has 2 N–H and O–H groups in total. The number of carbonyl (C=O) groups excluding carboxylic acids is 2. The van der Waals surface area contributed by atoms with Gasteiger partial charge in [0.05, 0.1) is 13.2 Å². The van der Waals surface area contributed by atoms with Gasteiger partial charge in [-0.2, -0.15) is 0 Å². The molecule has 1 rings (SSSR count). The largest absolute Gasteiger partial charge is 0.494 e. The van der Waals surface area contributed by atoms with Crippen LogP contribution in [0.4, 0.5) is 0 Å². The SMILES string of the molecule is CCOc1ccccc1CCC(=O)NCC(=O)NC(C)(C)C. The number of rotatable bonds is 7. The first-order valence-corrected chi connectivity index (χ1v) is 7.60. The van der Waals surface area contributed by atoms with Gasteiger partial charge in [-0.15, -0.1) is 0 Å². The predicted molar refractivity (Wildman–Crippen MR) is 86.8 cm³/mol. The zero-order chi connectivity index (χ0) is 16.6. The third-order valence-corrected chi connectivity index (χ3v) is 2.85. The lowest BCUT2D eigenvalue weighted by atomic mass is 10.1. The summed E-state index contributed by atoms with van der Waals surface area (Å²) in [7, 11) is 0. The Balaban J connectivity index is 2.39. The quantitative estimate of drug-likeness (QED) is 0.810. The number of para-hydroxylation sites is 1. The number of nitrogens with one attached hydrogen (secondary N) is 2. The summed E-state index contributed by atoms with van der Waals surface area (Å²) in [6, 6.07) is 7.68. The van der Waals surface area contributed by atoms with Crippen molar-refractivity contribution >= 4 is 11.8 Å². The third-order valence-electron chi connectivity index (χ3n) is 2.85. The summed E-state index contributed by atoms with van der Waals surface area (Å²) in [5, 5.41) is 5.44. The molecule has 5 nitrogen and oxygen atoms in total. The monoisotopic (exact) mass is 306 g/mol. The van der Waals surface area contributed by atoms with Crippen molar-refractivity contribution in [1.29, 1.82) is 0 Å². The fourth-order valence-electron chi connectivity index (χ4n) is 1.98. The minimum absolute atomic E-state index is 0.00318. The fourth-order valence-corrected chi connectivity index (χ4v) is 1.98. The molecule has 0 unspecified atom stereocenters. The number of carbonyl (C=O) groups is 2. The highest BCUT2D eigenvalue weighted by molar-refractivity contribution is 5.85. The Hall–Kier alpha value is -2.04. The average Bonchev–Trinajstić information content (AvgIpc) is 2.43. The van der Waals surface area contributed by atoms with Gasteiger partial charge in [0, 0.05) is 12.0 Å². The van der Waals surface area contributed by atoms with Crippen LogP contribution in [0.15, 0.2) is 24.3 Å². The van der Waals surface area contributed by atoms with Crippen molar-refractivity contribution in [3.8, 4) is 5.75 Å². The first-order valence-electron chi connectivity index (χ1n) is 7.60. The number of aryl methyl sites for hydroxylation is 1. The Morgan fingerprint density at radius 3 is 2.45 bits per heavy atom. The topological polar surface area (TPSA) is 67.4 Å². The molecule has 0 radical (unpaired) electrons. The second-order valence-electron chi connectivity index (χ2n) is 6.12. The van der Waals surface area contributed by atoms with Crippen LogP contribution in [0.3, 0.4) is 0 Å². The maximum absolute atomic E-state index is 11.8. The Bertz CT molecular complexity index is 507. The zero-order valence-electron chi connectivity index (χ0n) is 13.9. The smallest absolute Gasteiger partial charge is 0.239 e. The van der Waals surface area contributed by atoms with Gasteiger partial charge < -0.3 is 15.4 Å². The highest BCUT2D eigenvalue weighted by Gasteiger charge is 2.14. The summed E-state index contributed by atoms with van der Waals surface area (Å²) in [4.78, 5) is 23.5. The summed E-state index contributed by atoms with van der Waals surface area (Å²) in [6.45, 7) is 8.23. The van der Waals surface area contributed by atoms with Crippen LogP contribution in [-0.2, 0) is 16.0 Å². The Labute approximate surface area is 132 Å². The first kappa shape index (κ1) is 18.0. The summed E-state index contributed by atoms with van der Waals surface area (Å²) < 4.78 is 5.53. The maximum atomic E-state index is 11.8. The number of benzene rings is 1. The molecule has 5 heteroatoms. The van der Waals surface area contributed by atoms with Crippen LogP contribution in [0.1, 0.15) is 39.7 Å². The van der Waals surface area contributed by atoms with Gasteiger partial charge >= 0.3 is 0 Å². The van der Waals surface area contributed by atoms with Crippen LogP contribution < -0.4 is 15.4 Å². The molecule has 0 fully saturated rings. The van der Waals surface area contributed by atoms with Gasteiger partial charge in [-0.05, 0) is 45.7 Å². The molecular weight excluding hydrogens is 280 g/mol. The molecule has 0 aliphatic rings. The number of amides is 2. The summed E-state index contributed by atoms with van der Waals surface area (Å²) in [6.07, 6.45) is 0.912. The van der Waals surface area contributed by atoms with E-state index < -0.39 is 0 Å². The van der Waals surface area contributed by atoms with Gasteiger partial charge in [0.1, 0.15) is 5.75 Å². The molecule has 0 bridgehead atoms. The molecule has 0 aliphatic heterocycles. The predicted octanol–water partition coefficient (Wildman–Crippen LogP) is 2.05. The summed E-state index contributed by atoms with van der Waals surface area (Å²) >= 11 is 0. The van der Waals surface area contributed by atoms with Crippen LogP contribution in [0.5, 0.6) is 5.75 Å². The van der Waals surface area contributed by atoms with Crippen LogP contribution in [0.2, 0.25) is 0 Å². The van der Waals surface area contributed by atoms with Crippen LogP contribution in [0, 0.1) is 0 Å². The van der Waals surface area contributed by atoms with Crippen LogP contribution >= 0.6 is 0 Å². The highest BCUT2D eigenvalue weighted by Crippen LogP contribution is 2.19. The van der Waals surface area contributed by atoms with Crippen molar-refractivity contribution in [3.63, 3.8) is 0 Å². The number of hydrogen-bond acceptors (Lipinski definition) is 3. The van der Waals surface area contributed by atoms with Gasteiger partial charge in [-0.25, -0.2) is 0 Å². The molecule has 0 heterocycles. The van der Waals surface area contributed by atoms with E-state index in [0.717, 1.165) is 11.3 Å². The molecule has 22 heavy (non-hydrogen) atoms. The first-order chi connectivity index (χ1) is 10.3. The molecule has 1 aromatic rings. The normalized spacial score (nSPS) is 10.9. The highest BCUT2D eigenvalue weighted by atomic mass is 16.5. The van der Waals surface area contributed by atoms with E-state index in [2.05, 4.69) is 10.6 Å². The number of ether oxygens (including phenoxy) is 1. The van der Waals surface area contributed by atoms with Crippen molar-refractivity contribution in [2.75, 3.05) is 13.2 Å². The van der Waals surface area contributed by atoms with Crippen molar-refractivity contribution in [2.24, 2.45) is 0 Å². The van der Waals surface area contributed by atoms with E-state index in [-0.39, 0.29) is 23.9 Å². The molecule has 2 amide bonds. The van der Waals surface area contributed by atoms with E-state index in [1.165, 1.54) is 0 Å². The Kier molecular flexibility index (Phi) is 6.89.